The van der Waals surface area contributed by atoms with Gasteiger partial charge in [0.25, 0.3) is 11.8 Å². The van der Waals surface area contributed by atoms with Gasteiger partial charge >= 0.3 is 5.97 Å². The van der Waals surface area contributed by atoms with Crippen LogP contribution in [0.3, 0.4) is 0 Å². The first-order valence-electron chi connectivity index (χ1n) is 8.54. The summed E-state index contributed by atoms with van der Waals surface area (Å²) in [5.41, 5.74) is 1.38. The molecule has 0 unspecified atom stereocenters. The quantitative estimate of drug-likeness (QED) is 0.614. The normalized spacial score (nSPS) is 14.3. The number of rotatable bonds is 5. The molecule has 0 spiro atoms. The minimum atomic E-state index is -1.13. The Morgan fingerprint density at radius 2 is 1.82 bits per heavy atom. The molecule has 0 aliphatic carbocycles. The second kappa shape index (κ2) is 8.22. The predicted molar refractivity (Wildman–Crippen MR) is 102 cm³/mol. The van der Waals surface area contributed by atoms with E-state index in [1.807, 2.05) is 0 Å². The van der Waals surface area contributed by atoms with Crippen LogP contribution in [0.5, 0.6) is 0 Å². The van der Waals surface area contributed by atoms with Gasteiger partial charge in [-0.3, -0.25) is 24.1 Å². The van der Waals surface area contributed by atoms with Crippen LogP contribution in [0.15, 0.2) is 48.5 Å². The van der Waals surface area contributed by atoms with E-state index in [0.717, 1.165) is 4.90 Å². The number of carbonyl (C=O) groups is 4. The van der Waals surface area contributed by atoms with E-state index in [9.17, 15) is 19.2 Å². The molecule has 0 bridgehead atoms. The number of amides is 3. The number of carbonyl (C=O) groups excluding carboxylic acids is 4. The third kappa shape index (κ3) is 4.20. The average Bonchev–Trinajstić information content (AvgIpc) is 2.67. The zero-order chi connectivity index (χ0) is 20.3. The summed E-state index contributed by atoms with van der Waals surface area (Å²) in [4.78, 5) is 49.9. The largest absolute Gasteiger partial charge is 0.451 e. The molecule has 1 heterocycles. The molecule has 0 saturated carbocycles. The Bertz CT molecular complexity index is 959. The Kier molecular flexibility index (Phi) is 5.75. The van der Waals surface area contributed by atoms with Crippen LogP contribution in [0, 0.1) is 0 Å². The molecule has 1 aliphatic heterocycles. The summed E-state index contributed by atoms with van der Waals surface area (Å²) in [6.45, 7) is 0.828. The maximum Gasteiger partial charge on any atom is 0.326 e. The van der Waals surface area contributed by atoms with E-state index in [-0.39, 0.29) is 6.42 Å². The van der Waals surface area contributed by atoms with E-state index < -0.39 is 36.3 Å². The second-order valence-electron chi connectivity index (χ2n) is 6.22. The fourth-order valence-corrected chi connectivity index (χ4v) is 2.96. The first kappa shape index (κ1) is 19.6. The Labute approximate surface area is 166 Å². The SMILES string of the molecule is C[C@@H](OC(=O)CN1C(=O)Cc2ccccc2C1=O)C(=O)Nc1ccccc1Cl. The Morgan fingerprint density at radius 3 is 2.57 bits per heavy atom. The number of hydrogen-bond acceptors (Lipinski definition) is 5. The number of nitrogens with one attached hydrogen (secondary N) is 1. The number of para-hydroxylation sites is 1. The van der Waals surface area contributed by atoms with Gasteiger partial charge in [0.15, 0.2) is 6.10 Å². The maximum absolute atomic E-state index is 12.5. The van der Waals surface area contributed by atoms with Crippen molar-refractivity contribution in [2.75, 3.05) is 11.9 Å². The first-order valence-corrected chi connectivity index (χ1v) is 8.92. The number of esters is 1. The lowest BCUT2D eigenvalue weighted by Gasteiger charge is -2.26. The van der Waals surface area contributed by atoms with Crippen molar-refractivity contribution in [3.63, 3.8) is 0 Å². The molecule has 28 heavy (non-hydrogen) atoms. The molecular formula is C20H17ClN2O5. The molecule has 2 aromatic rings. The number of nitrogens with zero attached hydrogens (tertiary/aromatic N) is 1. The second-order valence-corrected chi connectivity index (χ2v) is 6.63. The highest BCUT2D eigenvalue weighted by Crippen LogP contribution is 2.21. The first-order chi connectivity index (χ1) is 13.4. The molecule has 0 fully saturated rings. The van der Waals surface area contributed by atoms with E-state index in [1.54, 1.807) is 48.5 Å². The smallest absolute Gasteiger partial charge is 0.326 e. The van der Waals surface area contributed by atoms with Crippen molar-refractivity contribution < 1.29 is 23.9 Å². The number of hydrogen-bond donors (Lipinski definition) is 1. The predicted octanol–water partition coefficient (Wildman–Crippen LogP) is 2.44. The molecule has 8 heteroatoms. The lowest BCUT2D eigenvalue weighted by molar-refractivity contribution is -0.155. The summed E-state index contributed by atoms with van der Waals surface area (Å²) in [7, 11) is 0. The Balaban J connectivity index is 1.60. The van der Waals surface area contributed by atoms with E-state index in [1.165, 1.54) is 6.92 Å². The van der Waals surface area contributed by atoms with Gasteiger partial charge in [-0.25, -0.2) is 0 Å². The van der Waals surface area contributed by atoms with Crippen molar-refractivity contribution in [2.45, 2.75) is 19.4 Å². The van der Waals surface area contributed by atoms with Crippen LogP contribution < -0.4 is 5.32 Å². The van der Waals surface area contributed by atoms with E-state index >= 15 is 0 Å². The molecule has 0 radical (unpaired) electrons. The standard InChI is InChI=1S/C20H17ClN2O5/c1-12(19(26)22-16-9-5-4-8-15(16)21)28-18(25)11-23-17(24)10-13-6-2-3-7-14(13)20(23)27/h2-9,12H,10-11H2,1H3,(H,22,26)/t12-/m1/s1. The van der Waals surface area contributed by atoms with Gasteiger partial charge in [-0.2, -0.15) is 0 Å². The number of halogens is 1. The van der Waals surface area contributed by atoms with E-state index in [2.05, 4.69) is 5.32 Å². The fourth-order valence-electron chi connectivity index (χ4n) is 2.77. The highest BCUT2D eigenvalue weighted by Gasteiger charge is 2.33. The number of benzene rings is 2. The number of anilines is 1. The van der Waals surface area contributed by atoms with Gasteiger partial charge in [0.05, 0.1) is 17.1 Å². The topological polar surface area (TPSA) is 92.8 Å². The maximum atomic E-state index is 12.5. The highest BCUT2D eigenvalue weighted by atomic mass is 35.5. The van der Waals surface area contributed by atoms with Crippen LogP contribution >= 0.6 is 11.6 Å². The minimum Gasteiger partial charge on any atom is -0.451 e. The zero-order valence-electron chi connectivity index (χ0n) is 15.0. The van der Waals surface area contributed by atoms with Crippen LogP contribution in [-0.2, 0) is 25.5 Å². The highest BCUT2D eigenvalue weighted by molar-refractivity contribution is 6.33. The zero-order valence-corrected chi connectivity index (χ0v) is 15.7. The molecule has 1 atom stereocenters. The van der Waals surface area contributed by atoms with Crippen molar-refractivity contribution >= 4 is 41.0 Å². The van der Waals surface area contributed by atoms with Gasteiger partial charge < -0.3 is 10.1 Å². The number of fused-ring (bicyclic) bond motifs is 1. The molecular weight excluding hydrogens is 384 g/mol. The summed E-state index contributed by atoms with van der Waals surface area (Å²) in [6, 6.07) is 13.4. The molecule has 144 valence electrons. The van der Waals surface area contributed by atoms with Gasteiger partial charge in [-0.05, 0) is 30.7 Å². The molecule has 3 amide bonds. The van der Waals surface area contributed by atoms with Crippen molar-refractivity contribution in [2.24, 2.45) is 0 Å². The lowest BCUT2D eigenvalue weighted by atomic mass is 9.98. The van der Waals surface area contributed by atoms with E-state index in [0.29, 0.717) is 21.8 Å². The average molecular weight is 401 g/mol. The van der Waals surface area contributed by atoms with Crippen molar-refractivity contribution in [3.05, 3.63) is 64.7 Å². The summed E-state index contributed by atoms with van der Waals surface area (Å²) in [6.07, 6.45) is -1.11. The van der Waals surface area contributed by atoms with E-state index in [4.69, 9.17) is 16.3 Å². The van der Waals surface area contributed by atoms with Crippen molar-refractivity contribution in [1.29, 1.82) is 0 Å². The molecule has 7 nitrogen and oxygen atoms in total. The van der Waals surface area contributed by atoms with Crippen molar-refractivity contribution in [1.82, 2.24) is 4.90 Å². The summed E-state index contributed by atoms with van der Waals surface area (Å²) in [5, 5.41) is 2.90. The molecule has 0 aromatic heterocycles. The monoisotopic (exact) mass is 400 g/mol. The van der Waals surface area contributed by atoms with Crippen molar-refractivity contribution in [3.8, 4) is 0 Å². The van der Waals surface area contributed by atoms with Gasteiger partial charge in [0.1, 0.15) is 6.54 Å². The number of ether oxygens (including phenoxy) is 1. The molecule has 2 aromatic carbocycles. The Hall–Kier alpha value is -3.19. The van der Waals surface area contributed by atoms with Gasteiger partial charge in [0.2, 0.25) is 5.91 Å². The lowest BCUT2D eigenvalue weighted by Crippen LogP contribution is -2.46. The molecule has 0 saturated heterocycles. The number of imide groups is 1. The fraction of sp³-hybridized carbons (Fsp3) is 0.200. The van der Waals surface area contributed by atoms with Gasteiger partial charge in [-0.1, -0.05) is 41.9 Å². The Morgan fingerprint density at radius 1 is 1.14 bits per heavy atom. The van der Waals surface area contributed by atoms with Crippen LogP contribution in [0.2, 0.25) is 5.02 Å². The summed E-state index contributed by atoms with van der Waals surface area (Å²) < 4.78 is 5.07. The molecule has 1 N–H and O–H groups in total. The third-order valence-electron chi connectivity index (χ3n) is 4.23. The van der Waals surface area contributed by atoms with Gasteiger partial charge in [0, 0.05) is 5.56 Å². The molecule has 1 aliphatic rings. The van der Waals surface area contributed by atoms with Crippen LogP contribution in [0.4, 0.5) is 5.69 Å². The van der Waals surface area contributed by atoms with Crippen LogP contribution in [0.25, 0.3) is 0 Å². The van der Waals surface area contributed by atoms with Crippen LogP contribution in [-0.4, -0.2) is 41.2 Å². The minimum absolute atomic E-state index is 0.0255. The summed E-state index contributed by atoms with van der Waals surface area (Å²) in [5.74, 6) is -2.49. The molecule has 3 rings (SSSR count). The third-order valence-corrected chi connectivity index (χ3v) is 4.56. The summed E-state index contributed by atoms with van der Waals surface area (Å²) >= 11 is 5.98. The van der Waals surface area contributed by atoms with Gasteiger partial charge in [-0.15, -0.1) is 0 Å². The van der Waals surface area contributed by atoms with Crippen LogP contribution in [0.1, 0.15) is 22.8 Å².